The Balaban J connectivity index is 1.49. The maximum atomic E-state index is 15.0. The van der Waals surface area contributed by atoms with Crippen LogP contribution in [0, 0.1) is 11.8 Å². The number of ether oxygens (including phenoxy) is 4. The predicted molar refractivity (Wildman–Crippen MR) is 175 cm³/mol. The number of nitrogens with two attached hydrogens (primary N) is 1. The van der Waals surface area contributed by atoms with E-state index in [1.165, 1.54) is 33.8 Å². The van der Waals surface area contributed by atoms with Crippen molar-refractivity contribution < 1.29 is 38.1 Å². The summed E-state index contributed by atoms with van der Waals surface area (Å²) in [5.41, 5.74) is 5.58. The van der Waals surface area contributed by atoms with E-state index in [9.17, 15) is 14.4 Å². The van der Waals surface area contributed by atoms with Crippen LogP contribution in [0.4, 0.5) is 15.3 Å². The van der Waals surface area contributed by atoms with E-state index >= 15 is 4.79 Å². The first-order valence-corrected chi connectivity index (χ1v) is 15.9. The number of rotatable bonds is 6. The number of methoxy groups -OCH3 is 2. The number of nitrogens with zero attached hydrogens (tertiary/aromatic N) is 4. The molecule has 13 heteroatoms. The molecule has 2 atom stereocenters. The van der Waals surface area contributed by atoms with Crippen molar-refractivity contribution in [3.05, 3.63) is 88.0 Å². The maximum Gasteiger partial charge on any atom is 0.358 e. The Kier molecular flexibility index (Phi) is 7.54. The molecule has 4 amide bonds. The van der Waals surface area contributed by atoms with Gasteiger partial charge in [0.2, 0.25) is 0 Å². The zero-order chi connectivity index (χ0) is 34.7. The first-order chi connectivity index (χ1) is 23.7. The highest BCUT2D eigenvalue weighted by atomic mass is 16.6. The molecule has 0 unspecified atom stereocenters. The normalized spacial score (nSPS) is 21.5. The minimum atomic E-state index is -2.28. The van der Waals surface area contributed by atoms with Gasteiger partial charge in [-0.25, -0.2) is 19.2 Å². The number of carbonyl (C=O) groups excluding carboxylic acids is 4. The summed E-state index contributed by atoms with van der Waals surface area (Å²) < 4.78 is 22.8. The van der Waals surface area contributed by atoms with E-state index in [4.69, 9.17) is 24.7 Å². The second kappa shape index (κ2) is 11.7. The first-order valence-electron chi connectivity index (χ1n) is 15.9. The van der Waals surface area contributed by atoms with Gasteiger partial charge in [0.25, 0.3) is 11.3 Å². The highest BCUT2D eigenvalue weighted by molar-refractivity contribution is 6.10. The van der Waals surface area contributed by atoms with E-state index in [1.807, 2.05) is 12.1 Å². The highest BCUT2D eigenvalue weighted by Crippen LogP contribution is 2.58. The van der Waals surface area contributed by atoms with Gasteiger partial charge in [0.05, 0.1) is 53.6 Å². The van der Waals surface area contributed by atoms with E-state index < -0.39 is 35.3 Å². The molecule has 0 aromatic heterocycles. The van der Waals surface area contributed by atoms with E-state index in [0.29, 0.717) is 45.0 Å². The van der Waals surface area contributed by atoms with Crippen molar-refractivity contribution in [1.82, 2.24) is 19.6 Å². The fraction of sp³-hybridized carbons (Fsp3) is 0.333. The van der Waals surface area contributed by atoms with Crippen molar-refractivity contribution >= 4 is 29.7 Å². The van der Waals surface area contributed by atoms with Gasteiger partial charge in [0.1, 0.15) is 11.5 Å². The third-order valence-corrected chi connectivity index (χ3v) is 9.68. The van der Waals surface area contributed by atoms with Crippen LogP contribution in [0.1, 0.15) is 47.2 Å². The number of benzene rings is 3. The number of fused-ring (bicyclic) bond motifs is 2. The molecule has 0 spiro atoms. The Morgan fingerprint density at radius 3 is 1.67 bits per heavy atom. The van der Waals surface area contributed by atoms with Gasteiger partial charge in [-0.2, -0.15) is 0 Å². The van der Waals surface area contributed by atoms with E-state index in [-0.39, 0.29) is 39.4 Å². The number of esters is 2. The third-order valence-electron chi connectivity index (χ3n) is 9.68. The summed E-state index contributed by atoms with van der Waals surface area (Å²) in [6, 6.07) is 14.6. The van der Waals surface area contributed by atoms with Crippen LogP contribution in [-0.2, 0) is 45.2 Å². The summed E-state index contributed by atoms with van der Waals surface area (Å²) in [5.74, 6) is 5.34. The molecule has 2 saturated heterocycles. The van der Waals surface area contributed by atoms with Crippen molar-refractivity contribution in [2.75, 3.05) is 33.2 Å². The average Bonchev–Trinajstić information content (AvgIpc) is 3.26. The Morgan fingerprint density at radius 2 is 1.18 bits per heavy atom. The second-order valence-corrected chi connectivity index (χ2v) is 11.9. The lowest BCUT2D eigenvalue weighted by atomic mass is 9.90. The molecular weight excluding hydrogens is 630 g/mol. The van der Waals surface area contributed by atoms with Crippen molar-refractivity contribution in [3.63, 3.8) is 0 Å². The maximum absolute atomic E-state index is 15.0. The Morgan fingerprint density at radius 1 is 0.694 bits per heavy atom. The van der Waals surface area contributed by atoms with Crippen LogP contribution in [-0.4, -0.2) is 82.4 Å². The Hall–Kier alpha value is -5.90. The zero-order valence-electron chi connectivity index (χ0n) is 27.6. The summed E-state index contributed by atoms with van der Waals surface area (Å²) in [6.07, 6.45) is 0. The lowest BCUT2D eigenvalue weighted by Crippen LogP contribution is -2.75. The second-order valence-electron chi connectivity index (χ2n) is 11.9. The molecule has 7 rings (SSSR count). The molecule has 4 aliphatic heterocycles. The molecule has 4 aliphatic rings. The quantitative estimate of drug-likeness (QED) is 0.238. The molecule has 4 heterocycles. The number of hydrogen-bond acceptors (Lipinski definition) is 9. The Labute approximate surface area is 283 Å². The smallest absolute Gasteiger partial charge is 0.358 e. The van der Waals surface area contributed by atoms with Crippen molar-refractivity contribution in [2.45, 2.75) is 51.4 Å². The van der Waals surface area contributed by atoms with Gasteiger partial charge < -0.3 is 24.7 Å². The zero-order valence-corrected chi connectivity index (χ0v) is 27.6. The van der Waals surface area contributed by atoms with Crippen molar-refractivity contribution in [1.29, 1.82) is 0 Å². The monoisotopic (exact) mass is 665 g/mol. The number of carbonyl (C=O) groups is 4. The topological polar surface area (TPSA) is 144 Å². The SMILES string of the molecule is CCOC(=O)[C@@]12N3Cc4c(OC)ccc(OC)c4CN1C(=O)N1Cc4c(C#Cc5ccc(N)cc5)cccc4CN(C3=O)[C@@]12C(=O)OCC. The number of anilines is 1. The van der Waals surface area contributed by atoms with Gasteiger partial charge in [-0.1, -0.05) is 24.0 Å². The van der Waals surface area contributed by atoms with E-state index in [0.717, 1.165) is 5.56 Å². The summed E-state index contributed by atoms with van der Waals surface area (Å²) in [7, 11) is 2.98. The van der Waals surface area contributed by atoms with E-state index in [1.54, 1.807) is 56.3 Å². The molecule has 2 fully saturated rings. The molecule has 252 valence electrons. The summed E-state index contributed by atoms with van der Waals surface area (Å²) in [4.78, 5) is 64.4. The van der Waals surface area contributed by atoms with Crippen LogP contribution in [0.2, 0.25) is 0 Å². The molecule has 0 aliphatic carbocycles. The molecule has 13 nitrogen and oxygen atoms in total. The van der Waals surface area contributed by atoms with Crippen LogP contribution in [0.25, 0.3) is 0 Å². The minimum absolute atomic E-state index is 0.0727. The number of urea groups is 2. The fourth-order valence-corrected chi connectivity index (χ4v) is 7.62. The highest BCUT2D eigenvalue weighted by Gasteiger charge is 2.87. The molecule has 0 bridgehead atoms. The van der Waals surface area contributed by atoms with Crippen LogP contribution in [0.15, 0.2) is 54.6 Å². The standard InChI is InChI=1S/C36H35N5O8/c1-5-48-31(42)35-36(32(43)49-6-2)40-20-27-28(30(47-4)17-16-29(27)46-3)21-41(36)34(45)39(35)19-26-23(13-10-22-11-14-25(37)15-12-22)8-7-9-24(26)18-38(35)33(40)44/h7-9,11-12,14-17H,5-6,18-21,37H2,1-4H3/t35-,36+/m0/s1. The number of amides is 4. The van der Waals surface area contributed by atoms with Gasteiger partial charge in [0.15, 0.2) is 0 Å². The van der Waals surface area contributed by atoms with Gasteiger partial charge in [0, 0.05) is 27.9 Å². The van der Waals surface area contributed by atoms with Crippen molar-refractivity contribution in [3.8, 4) is 23.3 Å². The lowest BCUT2D eigenvalue weighted by molar-refractivity contribution is -0.191. The first kappa shape index (κ1) is 31.7. The molecular formula is C36H35N5O8. The van der Waals surface area contributed by atoms with E-state index in [2.05, 4.69) is 11.8 Å². The summed E-state index contributed by atoms with van der Waals surface area (Å²) in [6.45, 7) is 2.43. The number of nitrogen functional groups attached to an aromatic ring is 1. The average molecular weight is 666 g/mol. The molecule has 3 aromatic rings. The van der Waals surface area contributed by atoms with Gasteiger partial charge in [-0.05, 0) is 67.4 Å². The van der Waals surface area contributed by atoms with Gasteiger partial charge in [-0.15, -0.1) is 0 Å². The van der Waals surface area contributed by atoms with Crippen LogP contribution < -0.4 is 15.2 Å². The van der Waals surface area contributed by atoms with Crippen LogP contribution in [0.5, 0.6) is 11.5 Å². The lowest BCUT2D eigenvalue weighted by Gasteiger charge is -2.43. The number of hydrogen-bond donors (Lipinski definition) is 1. The van der Waals surface area contributed by atoms with Crippen molar-refractivity contribution in [2.24, 2.45) is 0 Å². The molecule has 2 N–H and O–H groups in total. The Bertz CT molecular complexity index is 1970. The van der Waals surface area contributed by atoms with Gasteiger partial charge >= 0.3 is 24.0 Å². The predicted octanol–water partition coefficient (Wildman–Crippen LogP) is 3.41. The largest absolute Gasteiger partial charge is 0.496 e. The van der Waals surface area contributed by atoms with Crippen LogP contribution in [0.3, 0.4) is 0 Å². The molecule has 3 aromatic carbocycles. The summed E-state index contributed by atoms with van der Waals surface area (Å²) in [5, 5.41) is 0. The fourth-order valence-electron chi connectivity index (χ4n) is 7.62. The summed E-state index contributed by atoms with van der Waals surface area (Å²) >= 11 is 0. The third kappa shape index (κ3) is 4.19. The minimum Gasteiger partial charge on any atom is -0.496 e. The molecule has 0 radical (unpaired) electrons. The molecule has 49 heavy (non-hydrogen) atoms. The molecule has 0 saturated carbocycles. The van der Waals surface area contributed by atoms with Crippen LogP contribution >= 0.6 is 0 Å². The van der Waals surface area contributed by atoms with Gasteiger partial charge in [-0.3, -0.25) is 19.6 Å².